The number of benzene rings is 2. The highest BCUT2D eigenvalue weighted by Crippen LogP contribution is 2.48. The van der Waals surface area contributed by atoms with Crippen molar-refractivity contribution in [2.75, 3.05) is 4.90 Å². The molecule has 2 aromatic rings. The van der Waals surface area contributed by atoms with Crippen LogP contribution in [0.2, 0.25) is 0 Å². The number of nitrogens with zero attached hydrogens (tertiary/aromatic N) is 1. The minimum absolute atomic E-state index is 0.0113. The summed E-state index contributed by atoms with van der Waals surface area (Å²) in [5, 5.41) is 10.0. The summed E-state index contributed by atoms with van der Waals surface area (Å²) in [6.45, 7) is 0. The first-order valence-corrected chi connectivity index (χ1v) is 10.7. The van der Waals surface area contributed by atoms with Gasteiger partial charge >= 0.3 is 0 Å². The minimum Gasteiger partial charge on any atom is -0.508 e. The van der Waals surface area contributed by atoms with E-state index in [0.29, 0.717) is 16.8 Å². The number of aromatic hydroxyl groups is 1. The molecule has 148 valence electrons. The zero-order valence-electron chi connectivity index (χ0n) is 15.7. The molecule has 2 heterocycles. The number of amides is 1. The SMILES string of the molecule is O=C1C2=C(OC3CCCCC13)C(=O)N(c1ccc(Br)cc1)C2c1cccc(O)c1. The van der Waals surface area contributed by atoms with Gasteiger partial charge in [-0.15, -0.1) is 0 Å². The molecule has 1 fully saturated rings. The number of ether oxygens (including phenoxy) is 1. The van der Waals surface area contributed by atoms with Crippen LogP contribution >= 0.6 is 15.9 Å². The largest absolute Gasteiger partial charge is 0.508 e. The molecule has 0 spiro atoms. The zero-order chi connectivity index (χ0) is 20.1. The lowest BCUT2D eigenvalue weighted by Gasteiger charge is -2.35. The standard InChI is InChI=1S/C23H20BrNO4/c24-14-8-10-15(11-9-14)25-20(13-4-3-5-16(26)12-13)19-21(27)17-6-1-2-7-18(17)29-22(19)23(25)28/h3-5,8-12,17-18,20,26H,1-2,6-7H2. The van der Waals surface area contributed by atoms with Crippen molar-refractivity contribution >= 4 is 33.3 Å². The van der Waals surface area contributed by atoms with Crippen molar-refractivity contribution in [3.8, 4) is 5.75 Å². The number of hydrogen-bond donors (Lipinski definition) is 1. The van der Waals surface area contributed by atoms with Crippen LogP contribution in [0.15, 0.2) is 64.3 Å². The Hall–Kier alpha value is -2.60. The number of Topliss-reactive ketones (excluding diaryl/α,β-unsaturated/α-hetero) is 1. The number of phenols is 1. The van der Waals surface area contributed by atoms with E-state index in [9.17, 15) is 14.7 Å². The first-order valence-electron chi connectivity index (χ1n) is 9.87. The van der Waals surface area contributed by atoms with Gasteiger partial charge in [0.15, 0.2) is 11.5 Å². The molecule has 3 aliphatic rings. The minimum atomic E-state index is -0.610. The van der Waals surface area contributed by atoms with Crippen LogP contribution in [0.4, 0.5) is 5.69 Å². The molecule has 1 amide bonds. The molecular formula is C23H20BrNO4. The van der Waals surface area contributed by atoms with Gasteiger partial charge in [-0.2, -0.15) is 0 Å². The van der Waals surface area contributed by atoms with Gasteiger partial charge < -0.3 is 9.84 Å². The summed E-state index contributed by atoms with van der Waals surface area (Å²) >= 11 is 3.42. The second-order valence-corrected chi connectivity index (χ2v) is 8.72. The number of phenolic OH excluding ortho intramolecular Hbond substituents is 1. The lowest BCUT2D eigenvalue weighted by molar-refractivity contribution is -0.131. The van der Waals surface area contributed by atoms with Gasteiger partial charge in [-0.3, -0.25) is 14.5 Å². The van der Waals surface area contributed by atoms with Crippen LogP contribution in [0.1, 0.15) is 37.3 Å². The Kier molecular flexibility index (Phi) is 4.46. The third kappa shape index (κ3) is 2.97. The van der Waals surface area contributed by atoms with Gasteiger partial charge in [-0.1, -0.05) is 34.5 Å². The number of hydrogen-bond acceptors (Lipinski definition) is 4. The van der Waals surface area contributed by atoms with E-state index < -0.39 is 6.04 Å². The number of carbonyl (C=O) groups excluding carboxylic acids is 2. The Morgan fingerprint density at radius 3 is 2.55 bits per heavy atom. The third-order valence-electron chi connectivity index (χ3n) is 6.05. The van der Waals surface area contributed by atoms with Gasteiger partial charge in [-0.05, 0) is 61.2 Å². The molecule has 1 N–H and O–H groups in total. The van der Waals surface area contributed by atoms with Crippen LogP contribution < -0.4 is 4.90 Å². The predicted octanol–water partition coefficient (Wildman–Crippen LogP) is 4.65. The molecule has 2 aliphatic heterocycles. The lowest BCUT2D eigenvalue weighted by Crippen LogP contribution is -2.39. The summed E-state index contributed by atoms with van der Waals surface area (Å²) < 4.78 is 7.05. The van der Waals surface area contributed by atoms with Crippen molar-refractivity contribution in [3.05, 3.63) is 69.9 Å². The lowest BCUT2D eigenvalue weighted by atomic mass is 9.77. The molecule has 2 aromatic carbocycles. The van der Waals surface area contributed by atoms with Crippen LogP contribution in [0.25, 0.3) is 0 Å². The molecule has 29 heavy (non-hydrogen) atoms. The highest BCUT2D eigenvalue weighted by Gasteiger charge is 2.52. The molecule has 0 radical (unpaired) electrons. The van der Waals surface area contributed by atoms with Crippen molar-refractivity contribution in [3.63, 3.8) is 0 Å². The highest BCUT2D eigenvalue weighted by atomic mass is 79.9. The van der Waals surface area contributed by atoms with Crippen LogP contribution in [0.5, 0.6) is 5.75 Å². The number of halogens is 1. The number of anilines is 1. The second kappa shape index (κ2) is 7.02. The molecular weight excluding hydrogens is 434 g/mol. The fourth-order valence-corrected chi connectivity index (χ4v) is 4.99. The van der Waals surface area contributed by atoms with Crippen molar-refractivity contribution in [1.29, 1.82) is 0 Å². The van der Waals surface area contributed by atoms with Gasteiger partial charge in [0.05, 0.1) is 17.5 Å². The van der Waals surface area contributed by atoms with E-state index in [1.165, 1.54) is 0 Å². The summed E-state index contributed by atoms with van der Waals surface area (Å²) in [4.78, 5) is 28.5. The fraction of sp³-hybridized carbons (Fsp3) is 0.304. The summed E-state index contributed by atoms with van der Waals surface area (Å²) in [5.74, 6) is -0.209. The topological polar surface area (TPSA) is 66.8 Å². The molecule has 0 bridgehead atoms. The van der Waals surface area contributed by atoms with E-state index in [4.69, 9.17) is 4.74 Å². The number of carbonyl (C=O) groups is 2. The molecule has 1 aliphatic carbocycles. The molecule has 6 heteroatoms. The van der Waals surface area contributed by atoms with Crippen molar-refractivity contribution in [2.45, 2.75) is 37.8 Å². The van der Waals surface area contributed by atoms with Gasteiger partial charge in [0.25, 0.3) is 5.91 Å². The Morgan fingerprint density at radius 1 is 1.03 bits per heavy atom. The van der Waals surface area contributed by atoms with E-state index >= 15 is 0 Å². The summed E-state index contributed by atoms with van der Waals surface area (Å²) in [6, 6.07) is 13.5. The average molecular weight is 454 g/mol. The maximum Gasteiger partial charge on any atom is 0.294 e. The van der Waals surface area contributed by atoms with Crippen LogP contribution in [0.3, 0.4) is 0 Å². The quantitative estimate of drug-likeness (QED) is 0.717. The molecule has 0 saturated heterocycles. The van der Waals surface area contributed by atoms with Gasteiger partial charge in [0, 0.05) is 10.2 Å². The van der Waals surface area contributed by atoms with Crippen LogP contribution in [0, 0.1) is 5.92 Å². The number of rotatable bonds is 2. The summed E-state index contributed by atoms with van der Waals surface area (Å²) in [6.07, 6.45) is 3.39. The maximum absolute atomic E-state index is 13.5. The number of ketones is 1. The molecule has 1 saturated carbocycles. The van der Waals surface area contributed by atoms with Gasteiger partial charge in [-0.25, -0.2) is 0 Å². The summed E-state index contributed by atoms with van der Waals surface area (Å²) in [7, 11) is 0. The van der Waals surface area contributed by atoms with Gasteiger partial charge in [0.2, 0.25) is 0 Å². The highest BCUT2D eigenvalue weighted by molar-refractivity contribution is 9.10. The molecule has 5 nitrogen and oxygen atoms in total. The summed E-state index contributed by atoms with van der Waals surface area (Å²) in [5.41, 5.74) is 1.80. The molecule has 0 aromatic heterocycles. The van der Waals surface area contributed by atoms with E-state index in [2.05, 4.69) is 15.9 Å². The third-order valence-corrected chi connectivity index (χ3v) is 6.58. The van der Waals surface area contributed by atoms with Crippen molar-refractivity contribution in [1.82, 2.24) is 0 Å². The Balaban J connectivity index is 1.66. The van der Waals surface area contributed by atoms with Crippen molar-refractivity contribution < 1.29 is 19.4 Å². The fourth-order valence-electron chi connectivity index (χ4n) is 4.72. The van der Waals surface area contributed by atoms with E-state index in [-0.39, 0.29) is 35.2 Å². The molecule has 3 unspecified atom stereocenters. The van der Waals surface area contributed by atoms with E-state index in [0.717, 1.165) is 30.2 Å². The zero-order valence-corrected chi connectivity index (χ0v) is 17.3. The van der Waals surface area contributed by atoms with Gasteiger partial charge in [0.1, 0.15) is 11.9 Å². The van der Waals surface area contributed by atoms with Crippen LogP contribution in [-0.2, 0) is 14.3 Å². The van der Waals surface area contributed by atoms with E-state index in [1.54, 1.807) is 23.1 Å². The smallest absolute Gasteiger partial charge is 0.294 e. The monoisotopic (exact) mass is 453 g/mol. The Labute approximate surface area is 177 Å². The second-order valence-electron chi connectivity index (χ2n) is 7.80. The predicted molar refractivity (Wildman–Crippen MR) is 111 cm³/mol. The maximum atomic E-state index is 13.5. The first-order chi connectivity index (χ1) is 14.0. The van der Waals surface area contributed by atoms with Crippen molar-refractivity contribution in [2.24, 2.45) is 5.92 Å². The molecule has 5 rings (SSSR count). The number of fused-ring (bicyclic) bond motifs is 1. The normalized spacial score (nSPS) is 26.2. The van der Waals surface area contributed by atoms with E-state index in [1.807, 2.05) is 30.3 Å². The Bertz CT molecular complexity index is 1030. The Morgan fingerprint density at radius 2 is 1.79 bits per heavy atom. The average Bonchev–Trinajstić information content (AvgIpc) is 3.02. The van der Waals surface area contributed by atoms with Crippen LogP contribution in [-0.4, -0.2) is 22.9 Å². The first kappa shape index (κ1) is 18.4. The molecule has 3 atom stereocenters.